The molecule has 2 saturated carbocycles. The van der Waals surface area contributed by atoms with Gasteiger partial charge in [-0.1, -0.05) is 19.3 Å². The lowest BCUT2D eigenvalue weighted by Crippen LogP contribution is -2.42. The first-order valence-electron chi connectivity index (χ1n) is 7.86. The summed E-state index contributed by atoms with van der Waals surface area (Å²) < 4.78 is 0. The molecule has 0 bridgehead atoms. The van der Waals surface area contributed by atoms with E-state index in [-0.39, 0.29) is 12.4 Å². The van der Waals surface area contributed by atoms with E-state index in [1.807, 2.05) is 0 Å². The Balaban J connectivity index is 0.00000133. The van der Waals surface area contributed by atoms with Crippen molar-refractivity contribution < 1.29 is 4.79 Å². The topological polar surface area (TPSA) is 32.3 Å². The first-order valence-corrected chi connectivity index (χ1v) is 7.86. The quantitative estimate of drug-likeness (QED) is 0.814. The maximum Gasteiger partial charge on any atom is 0.222 e. The molecule has 1 unspecified atom stereocenters. The second-order valence-corrected chi connectivity index (χ2v) is 6.41. The number of carbonyl (C=O) groups excluding carboxylic acids is 1. The zero-order valence-corrected chi connectivity index (χ0v) is 12.6. The number of nitrogens with one attached hydrogen (secondary N) is 1. The Labute approximate surface area is 122 Å². The van der Waals surface area contributed by atoms with Crippen molar-refractivity contribution in [1.82, 2.24) is 10.2 Å². The Hall–Kier alpha value is -0.280. The van der Waals surface area contributed by atoms with Crippen LogP contribution in [0.25, 0.3) is 0 Å². The molecule has 1 heterocycles. The van der Waals surface area contributed by atoms with Crippen LogP contribution in [0.1, 0.15) is 57.8 Å². The predicted molar refractivity (Wildman–Crippen MR) is 79.6 cm³/mol. The molecule has 1 N–H and O–H groups in total. The Morgan fingerprint density at radius 3 is 2.42 bits per heavy atom. The summed E-state index contributed by atoms with van der Waals surface area (Å²) in [5.74, 6) is 1.29. The van der Waals surface area contributed by atoms with Gasteiger partial charge >= 0.3 is 0 Å². The minimum Gasteiger partial charge on any atom is -0.338 e. The van der Waals surface area contributed by atoms with E-state index in [9.17, 15) is 4.79 Å². The monoisotopic (exact) mass is 286 g/mol. The molecule has 3 fully saturated rings. The lowest BCUT2D eigenvalue weighted by atomic mass is 9.82. The Bertz CT molecular complexity index is 297. The van der Waals surface area contributed by atoms with Gasteiger partial charge in [0.2, 0.25) is 5.91 Å². The number of carbonyl (C=O) groups is 1. The second-order valence-electron chi connectivity index (χ2n) is 6.41. The normalized spacial score (nSPS) is 26.6. The van der Waals surface area contributed by atoms with Crippen LogP contribution >= 0.6 is 12.4 Å². The van der Waals surface area contributed by atoms with E-state index in [0.717, 1.165) is 31.8 Å². The third-order valence-corrected chi connectivity index (χ3v) is 4.88. The fourth-order valence-electron chi connectivity index (χ4n) is 3.24. The van der Waals surface area contributed by atoms with Gasteiger partial charge in [-0.3, -0.25) is 4.79 Å². The summed E-state index contributed by atoms with van der Waals surface area (Å²) in [4.78, 5) is 14.6. The van der Waals surface area contributed by atoms with Crippen LogP contribution in [-0.2, 0) is 4.79 Å². The standard InChI is InChI=1S/C15H26N2O.ClH/c18-15(9-6-12-3-1-4-12)17(14-7-8-14)11-13-5-2-10-16-13;/h12-14,16H,1-11H2;1H. The summed E-state index contributed by atoms with van der Waals surface area (Å²) in [7, 11) is 0. The highest BCUT2D eigenvalue weighted by Crippen LogP contribution is 2.32. The molecule has 0 aromatic rings. The van der Waals surface area contributed by atoms with E-state index in [1.54, 1.807) is 0 Å². The molecule has 3 aliphatic rings. The van der Waals surface area contributed by atoms with Crippen LogP contribution in [0.5, 0.6) is 0 Å². The zero-order chi connectivity index (χ0) is 12.4. The highest BCUT2D eigenvalue weighted by atomic mass is 35.5. The number of amides is 1. The molecule has 1 saturated heterocycles. The first-order chi connectivity index (χ1) is 8.83. The lowest BCUT2D eigenvalue weighted by molar-refractivity contribution is -0.132. The van der Waals surface area contributed by atoms with E-state index in [0.29, 0.717) is 18.0 Å². The van der Waals surface area contributed by atoms with E-state index < -0.39 is 0 Å². The molecular formula is C15H27ClN2O. The molecule has 0 radical (unpaired) electrons. The van der Waals surface area contributed by atoms with Crippen molar-refractivity contribution >= 4 is 18.3 Å². The maximum atomic E-state index is 12.4. The van der Waals surface area contributed by atoms with Gasteiger partial charge in [0, 0.05) is 25.0 Å². The van der Waals surface area contributed by atoms with Crippen LogP contribution in [0.2, 0.25) is 0 Å². The maximum absolute atomic E-state index is 12.4. The van der Waals surface area contributed by atoms with E-state index in [4.69, 9.17) is 0 Å². The molecule has 3 nitrogen and oxygen atoms in total. The molecule has 19 heavy (non-hydrogen) atoms. The van der Waals surface area contributed by atoms with Gasteiger partial charge in [-0.25, -0.2) is 0 Å². The fourth-order valence-corrected chi connectivity index (χ4v) is 3.24. The Kier molecular flexibility index (Phi) is 5.52. The number of hydrogen-bond acceptors (Lipinski definition) is 2. The Morgan fingerprint density at radius 2 is 1.89 bits per heavy atom. The summed E-state index contributed by atoms with van der Waals surface area (Å²) in [5.41, 5.74) is 0. The van der Waals surface area contributed by atoms with Crippen molar-refractivity contribution in [3.05, 3.63) is 0 Å². The third kappa shape index (κ3) is 4.09. The van der Waals surface area contributed by atoms with E-state index in [1.165, 1.54) is 44.9 Å². The summed E-state index contributed by atoms with van der Waals surface area (Å²) in [6, 6.07) is 1.15. The lowest BCUT2D eigenvalue weighted by Gasteiger charge is -2.29. The smallest absolute Gasteiger partial charge is 0.222 e. The van der Waals surface area contributed by atoms with Gasteiger partial charge in [-0.2, -0.15) is 0 Å². The van der Waals surface area contributed by atoms with E-state index in [2.05, 4.69) is 10.2 Å². The highest BCUT2D eigenvalue weighted by molar-refractivity contribution is 5.85. The summed E-state index contributed by atoms with van der Waals surface area (Å²) in [6.07, 6.45) is 11.1. The summed E-state index contributed by atoms with van der Waals surface area (Å²) >= 11 is 0. The highest BCUT2D eigenvalue weighted by Gasteiger charge is 2.34. The minimum atomic E-state index is 0. The third-order valence-electron chi connectivity index (χ3n) is 4.88. The molecule has 4 heteroatoms. The minimum absolute atomic E-state index is 0. The van der Waals surface area contributed by atoms with Gasteiger partial charge in [0.25, 0.3) is 0 Å². The van der Waals surface area contributed by atoms with Gasteiger partial charge < -0.3 is 10.2 Å². The number of halogens is 1. The SMILES string of the molecule is Cl.O=C(CCC1CCC1)N(CC1CCCN1)C1CC1. The fraction of sp³-hybridized carbons (Fsp3) is 0.933. The van der Waals surface area contributed by atoms with Gasteiger partial charge in [-0.05, 0) is 44.6 Å². The van der Waals surface area contributed by atoms with Crippen LogP contribution in [0.15, 0.2) is 0 Å². The van der Waals surface area contributed by atoms with Gasteiger partial charge in [0.05, 0.1) is 0 Å². The van der Waals surface area contributed by atoms with Crippen molar-refractivity contribution in [2.24, 2.45) is 5.92 Å². The molecule has 0 aromatic carbocycles. The molecule has 0 spiro atoms. The van der Waals surface area contributed by atoms with Crippen molar-refractivity contribution in [3.63, 3.8) is 0 Å². The predicted octanol–water partition coefficient (Wildman–Crippen LogP) is 2.73. The van der Waals surface area contributed by atoms with Crippen molar-refractivity contribution in [2.45, 2.75) is 69.9 Å². The number of nitrogens with zero attached hydrogens (tertiary/aromatic N) is 1. The van der Waals surface area contributed by atoms with Crippen LogP contribution < -0.4 is 5.32 Å². The zero-order valence-electron chi connectivity index (χ0n) is 11.8. The molecular weight excluding hydrogens is 260 g/mol. The summed E-state index contributed by atoms with van der Waals surface area (Å²) in [5, 5.41) is 3.52. The number of hydrogen-bond donors (Lipinski definition) is 1. The molecule has 3 rings (SSSR count). The molecule has 1 aliphatic heterocycles. The van der Waals surface area contributed by atoms with E-state index >= 15 is 0 Å². The van der Waals surface area contributed by atoms with Crippen LogP contribution in [-0.4, -0.2) is 36.0 Å². The average molecular weight is 287 g/mol. The first kappa shape index (κ1) is 15.1. The van der Waals surface area contributed by atoms with Crippen molar-refractivity contribution in [3.8, 4) is 0 Å². The number of rotatable bonds is 6. The van der Waals surface area contributed by atoms with Crippen LogP contribution in [0, 0.1) is 5.92 Å². The molecule has 1 amide bonds. The van der Waals surface area contributed by atoms with Crippen LogP contribution in [0.4, 0.5) is 0 Å². The van der Waals surface area contributed by atoms with Crippen molar-refractivity contribution in [2.75, 3.05) is 13.1 Å². The van der Waals surface area contributed by atoms with Crippen LogP contribution in [0.3, 0.4) is 0 Å². The molecule has 0 aromatic heterocycles. The van der Waals surface area contributed by atoms with Gasteiger partial charge in [-0.15, -0.1) is 12.4 Å². The summed E-state index contributed by atoms with van der Waals surface area (Å²) in [6.45, 7) is 2.10. The van der Waals surface area contributed by atoms with Crippen molar-refractivity contribution in [1.29, 1.82) is 0 Å². The van der Waals surface area contributed by atoms with Gasteiger partial charge in [0.15, 0.2) is 0 Å². The molecule has 2 aliphatic carbocycles. The second kappa shape index (κ2) is 6.94. The van der Waals surface area contributed by atoms with Gasteiger partial charge in [0.1, 0.15) is 0 Å². The largest absolute Gasteiger partial charge is 0.338 e. The molecule has 1 atom stereocenters. The Morgan fingerprint density at radius 1 is 1.11 bits per heavy atom. The average Bonchev–Trinajstić information content (AvgIpc) is 3.01. The molecule has 110 valence electrons.